The number of aromatic hydroxyl groups is 1. The van der Waals surface area contributed by atoms with Crippen LogP contribution in [0.4, 0.5) is 5.69 Å². The molecule has 0 aromatic heterocycles. The lowest BCUT2D eigenvalue weighted by Gasteiger charge is -2.15. The van der Waals surface area contributed by atoms with Crippen LogP contribution in [0, 0.1) is 0 Å². The van der Waals surface area contributed by atoms with Crippen molar-refractivity contribution >= 4 is 11.6 Å². The van der Waals surface area contributed by atoms with Crippen LogP contribution in [0.15, 0.2) is 24.3 Å². The number of hydrogen-bond donors (Lipinski definition) is 2. The molecule has 13 heavy (non-hydrogen) atoms. The van der Waals surface area contributed by atoms with Crippen LogP contribution in [0.3, 0.4) is 0 Å². The second-order valence-corrected chi connectivity index (χ2v) is 2.90. The van der Waals surface area contributed by atoms with Gasteiger partial charge in [-0.05, 0) is 24.3 Å². The molecular formula is C9H10N2O2. The van der Waals surface area contributed by atoms with Crippen molar-refractivity contribution in [1.29, 1.82) is 0 Å². The summed E-state index contributed by atoms with van der Waals surface area (Å²) in [6, 6.07) is 6.52. The predicted molar refractivity (Wildman–Crippen MR) is 48.2 cm³/mol. The van der Waals surface area contributed by atoms with Gasteiger partial charge < -0.3 is 5.11 Å². The molecule has 4 nitrogen and oxygen atoms in total. The van der Waals surface area contributed by atoms with E-state index in [1.807, 2.05) is 0 Å². The van der Waals surface area contributed by atoms with Gasteiger partial charge in [-0.1, -0.05) is 0 Å². The van der Waals surface area contributed by atoms with E-state index < -0.39 is 0 Å². The first kappa shape index (κ1) is 8.07. The molecule has 0 aliphatic carbocycles. The summed E-state index contributed by atoms with van der Waals surface area (Å²) in [6.45, 7) is 0.680. The van der Waals surface area contributed by atoms with E-state index in [-0.39, 0.29) is 11.7 Å². The minimum Gasteiger partial charge on any atom is -0.508 e. The van der Waals surface area contributed by atoms with Crippen molar-refractivity contribution in [3.05, 3.63) is 24.3 Å². The molecule has 1 fully saturated rings. The van der Waals surface area contributed by atoms with Crippen LogP contribution in [-0.2, 0) is 4.79 Å². The Labute approximate surface area is 75.8 Å². The maximum Gasteiger partial charge on any atom is 0.242 e. The first-order chi connectivity index (χ1) is 6.27. The minimum absolute atomic E-state index is 0.0608. The maximum absolute atomic E-state index is 11.3. The number of phenolic OH excluding ortho intramolecular Hbond substituents is 1. The third-order valence-electron chi connectivity index (χ3n) is 1.97. The second kappa shape index (κ2) is 3.06. The molecule has 68 valence electrons. The van der Waals surface area contributed by atoms with Gasteiger partial charge in [-0.15, -0.1) is 0 Å². The number of nitrogens with one attached hydrogen (secondary N) is 1. The molecule has 1 amide bonds. The molecule has 1 heterocycles. The third kappa shape index (κ3) is 1.48. The summed E-state index contributed by atoms with van der Waals surface area (Å²) >= 11 is 0. The van der Waals surface area contributed by atoms with Crippen LogP contribution in [0.1, 0.15) is 6.42 Å². The van der Waals surface area contributed by atoms with Gasteiger partial charge in [0.25, 0.3) is 0 Å². The zero-order valence-electron chi connectivity index (χ0n) is 7.03. The number of hydrogen-bond acceptors (Lipinski definition) is 3. The van der Waals surface area contributed by atoms with Gasteiger partial charge in [-0.3, -0.25) is 4.79 Å². The lowest BCUT2D eigenvalue weighted by Crippen LogP contribution is -2.33. The number of amides is 1. The van der Waals surface area contributed by atoms with E-state index in [2.05, 4.69) is 5.43 Å². The molecule has 0 bridgehead atoms. The lowest BCUT2D eigenvalue weighted by atomic mass is 10.3. The number of benzene rings is 1. The fourth-order valence-corrected chi connectivity index (χ4v) is 1.31. The molecule has 1 aromatic carbocycles. The van der Waals surface area contributed by atoms with Gasteiger partial charge in [0.15, 0.2) is 0 Å². The van der Waals surface area contributed by atoms with Crippen molar-refractivity contribution < 1.29 is 9.90 Å². The molecule has 2 N–H and O–H groups in total. The van der Waals surface area contributed by atoms with Gasteiger partial charge in [0.2, 0.25) is 5.91 Å². The molecule has 0 saturated carbocycles. The van der Waals surface area contributed by atoms with E-state index in [0.29, 0.717) is 13.0 Å². The van der Waals surface area contributed by atoms with Crippen molar-refractivity contribution in [2.45, 2.75) is 6.42 Å². The van der Waals surface area contributed by atoms with Gasteiger partial charge in [0, 0.05) is 13.0 Å². The second-order valence-electron chi connectivity index (χ2n) is 2.90. The summed E-state index contributed by atoms with van der Waals surface area (Å²) in [6.07, 6.45) is 0.529. The van der Waals surface area contributed by atoms with Crippen molar-refractivity contribution in [1.82, 2.24) is 5.43 Å². The zero-order chi connectivity index (χ0) is 9.26. The molecule has 0 spiro atoms. The number of rotatable bonds is 1. The highest BCUT2D eigenvalue weighted by Crippen LogP contribution is 2.19. The van der Waals surface area contributed by atoms with Crippen LogP contribution in [0.25, 0.3) is 0 Å². The van der Waals surface area contributed by atoms with Crippen LogP contribution in [0.2, 0.25) is 0 Å². The van der Waals surface area contributed by atoms with Gasteiger partial charge >= 0.3 is 0 Å². The molecule has 0 atom stereocenters. The summed E-state index contributed by atoms with van der Waals surface area (Å²) < 4.78 is 0. The Morgan fingerprint density at radius 1 is 1.31 bits per heavy atom. The van der Waals surface area contributed by atoms with Crippen LogP contribution < -0.4 is 10.4 Å². The van der Waals surface area contributed by atoms with Crippen LogP contribution in [-0.4, -0.2) is 17.6 Å². The summed E-state index contributed by atoms with van der Waals surface area (Å²) in [4.78, 5) is 11.3. The molecule has 1 aliphatic heterocycles. The van der Waals surface area contributed by atoms with E-state index in [1.54, 1.807) is 24.3 Å². The van der Waals surface area contributed by atoms with Gasteiger partial charge in [-0.2, -0.15) is 0 Å². The fourth-order valence-electron chi connectivity index (χ4n) is 1.31. The Bertz CT molecular complexity index is 321. The minimum atomic E-state index is 0.0608. The van der Waals surface area contributed by atoms with Crippen molar-refractivity contribution in [3.8, 4) is 5.75 Å². The van der Waals surface area contributed by atoms with E-state index in [0.717, 1.165) is 5.69 Å². The summed E-state index contributed by atoms with van der Waals surface area (Å²) in [5, 5.41) is 10.5. The Balaban J connectivity index is 2.25. The summed E-state index contributed by atoms with van der Waals surface area (Å²) in [7, 11) is 0. The van der Waals surface area contributed by atoms with Crippen molar-refractivity contribution in [2.75, 3.05) is 11.6 Å². The zero-order valence-corrected chi connectivity index (χ0v) is 7.03. The normalized spacial score (nSPS) is 16.6. The van der Waals surface area contributed by atoms with Gasteiger partial charge in [-0.25, -0.2) is 10.4 Å². The van der Waals surface area contributed by atoms with E-state index in [9.17, 15) is 4.79 Å². The molecule has 2 rings (SSSR count). The topological polar surface area (TPSA) is 52.6 Å². The van der Waals surface area contributed by atoms with Gasteiger partial charge in [0.05, 0.1) is 5.69 Å². The highest BCUT2D eigenvalue weighted by atomic mass is 16.3. The molecule has 1 aromatic rings. The smallest absolute Gasteiger partial charge is 0.242 e. The fraction of sp³-hybridized carbons (Fsp3) is 0.222. The third-order valence-corrected chi connectivity index (χ3v) is 1.97. The molecule has 0 unspecified atom stereocenters. The van der Waals surface area contributed by atoms with Crippen LogP contribution in [0.5, 0.6) is 5.75 Å². The number of anilines is 1. The summed E-state index contributed by atoms with van der Waals surface area (Å²) in [5.74, 6) is 0.265. The van der Waals surface area contributed by atoms with E-state index in [1.165, 1.54) is 5.01 Å². The first-order valence-electron chi connectivity index (χ1n) is 4.13. The van der Waals surface area contributed by atoms with Crippen molar-refractivity contribution in [2.24, 2.45) is 0 Å². The monoisotopic (exact) mass is 178 g/mol. The highest BCUT2D eigenvalue weighted by molar-refractivity contribution is 5.94. The number of nitrogens with zero attached hydrogens (tertiary/aromatic N) is 1. The molecule has 4 heteroatoms. The highest BCUT2D eigenvalue weighted by Gasteiger charge is 2.20. The SMILES string of the molecule is O=C1CCNN1c1ccc(O)cc1. The van der Waals surface area contributed by atoms with E-state index in [4.69, 9.17) is 5.11 Å². The first-order valence-corrected chi connectivity index (χ1v) is 4.13. The number of phenols is 1. The van der Waals surface area contributed by atoms with Gasteiger partial charge in [0.1, 0.15) is 5.75 Å². The molecular weight excluding hydrogens is 168 g/mol. The average molecular weight is 178 g/mol. The lowest BCUT2D eigenvalue weighted by molar-refractivity contribution is -0.117. The Kier molecular flexibility index (Phi) is 1.90. The number of hydrazine groups is 1. The Hall–Kier alpha value is -1.55. The van der Waals surface area contributed by atoms with Crippen molar-refractivity contribution in [3.63, 3.8) is 0 Å². The molecule has 1 aliphatic rings. The largest absolute Gasteiger partial charge is 0.508 e. The number of carbonyl (C=O) groups excluding carboxylic acids is 1. The molecule has 1 saturated heterocycles. The van der Waals surface area contributed by atoms with E-state index >= 15 is 0 Å². The average Bonchev–Trinajstić information content (AvgIpc) is 2.53. The standard InChI is InChI=1S/C9H10N2O2/c12-8-3-1-7(2-4-8)11-9(13)5-6-10-11/h1-4,10,12H,5-6H2. The Morgan fingerprint density at radius 3 is 2.54 bits per heavy atom. The number of carbonyl (C=O) groups is 1. The van der Waals surface area contributed by atoms with Crippen LogP contribution >= 0.6 is 0 Å². The quantitative estimate of drug-likeness (QED) is 0.663. The Morgan fingerprint density at radius 2 is 2.00 bits per heavy atom. The predicted octanol–water partition coefficient (Wildman–Crippen LogP) is 0.633. The summed E-state index contributed by atoms with van der Waals surface area (Å²) in [5.41, 5.74) is 3.71. The molecule has 0 radical (unpaired) electrons. The maximum atomic E-state index is 11.3.